The molecule has 4 rings (SSSR count). The number of carbonyl (C=O) groups is 1. The van der Waals surface area contributed by atoms with Crippen LogP contribution in [0, 0.1) is 5.82 Å². The van der Waals surface area contributed by atoms with E-state index in [1.165, 1.54) is 16.6 Å². The number of hydrogen-bond acceptors (Lipinski definition) is 5. The molecule has 0 aliphatic rings. The summed E-state index contributed by atoms with van der Waals surface area (Å²) in [7, 11) is 0. The summed E-state index contributed by atoms with van der Waals surface area (Å²) >= 11 is 0. The lowest BCUT2D eigenvalue weighted by Gasteiger charge is -2.07. The SMILES string of the molecule is O=C(NCCOc1ccc2nnc(-c3ccc(F)cc3)n2n1)c1ccccc1. The number of carbonyl (C=O) groups excluding carboxylic acids is 1. The predicted molar refractivity (Wildman–Crippen MR) is 100 cm³/mol. The maximum absolute atomic E-state index is 13.1. The van der Waals surface area contributed by atoms with Gasteiger partial charge >= 0.3 is 0 Å². The number of nitrogens with one attached hydrogen (secondary N) is 1. The van der Waals surface area contributed by atoms with Gasteiger partial charge in [-0.3, -0.25) is 4.79 Å². The van der Waals surface area contributed by atoms with Crippen LogP contribution in [-0.2, 0) is 0 Å². The van der Waals surface area contributed by atoms with Gasteiger partial charge in [-0.2, -0.15) is 4.52 Å². The molecule has 1 amide bonds. The number of amides is 1. The summed E-state index contributed by atoms with van der Waals surface area (Å²) in [6.07, 6.45) is 0. The molecule has 0 aliphatic carbocycles. The highest BCUT2D eigenvalue weighted by Crippen LogP contribution is 2.19. The zero-order valence-corrected chi connectivity index (χ0v) is 14.7. The molecule has 28 heavy (non-hydrogen) atoms. The van der Waals surface area contributed by atoms with E-state index >= 15 is 0 Å². The topological polar surface area (TPSA) is 81.4 Å². The highest BCUT2D eigenvalue weighted by atomic mass is 19.1. The summed E-state index contributed by atoms with van der Waals surface area (Å²) in [6.45, 7) is 0.589. The van der Waals surface area contributed by atoms with Crippen LogP contribution in [0.5, 0.6) is 5.88 Å². The van der Waals surface area contributed by atoms with E-state index in [0.717, 1.165) is 0 Å². The summed E-state index contributed by atoms with van der Waals surface area (Å²) < 4.78 is 20.3. The first-order chi connectivity index (χ1) is 13.7. The lowest BCUT2D eigenvalue weighted by atomic mass is 10.2. The van der Waals surface area contributed by atoms with Crippen LogP contribution in [0.4, 0.5) is 4.39 Å². The fourth-order valence-electron chi connectivity index (χ4n) is 2.64. The second kappa shape index (κ2) is 7.83. The summed E-state index contributed by atoms with van der Waals surface area (Å²) in [5.74, 6) is 0.361. The summed E-state index contributed by atoms with van der Waals surface area (Å²) in [6, 6.07) is 18.3. The number of fused-ring (bicyclic) bond motifs is 1. The van der Waals surface area contributed by atoms with Crippen LogP contribution < -0.4 is 10.1 Å². The van der Waals surface area contributed by atoms with Gasteiger partial charge in [0, 0.05) is 17.2 Å². The average molecular weight is 377 g/mol. The van der Waals surface area contributed by atoms with Crippen LogP contribution in [0.3, 0.4) is 0 Å². The van der Waals surface area contributed by atoms with Crippen molar-refractivity contribution in [3.05, 3.63) is 78.1 Å². The Morgan fingerprint density at radius 3 is 2.57 bits per heavy atom. The molecule has 0 bridgehead atoms. The number of hydrogen-bond donors (Lipinski definition) is 1. The van der Waals surface area contributed by atoms with Crippen molar-refractivity contribution in [2.45, 2.75) is 0 Å². The minimum atomic E-state index is -0.327. The Balaban J connectivity index is 1.41. The number of halogens is 1. The van der Waals surface area contributed by atoms with E-state index in [0.29, 0.717) is 35.0 Å². The minimum absolute atomic E-state index is 0.162. The highest BCUT2D eigenvalue weighted by Gasteiger charge is 2.11. The number of nitrogens with zero attached hydrogens (tertiary/aromatic N) is 4. The second-order valence-electron chi connectivity index (χ2n) is 5.94. The molecule has 0 fully saturated rings. The monoisotopic (exact) mass is 377 g/mol. The Bertz CT molecular complexity index is 1100. The molecule has 2 aromatic heterocycles. The second-order valence-corrected chi connectivity index (χ2v) is 5.94. The number of rotatable bonds is 6. The fraction of sp³-hybridized carbons (Fsp3) is 0.100. The van der Waals surface area contributed by atoms with E-state index in [-0.39, 0.29) is 18.3 Å². The normalized spacial score (nSPS) is 10.8. The molecule has 4 aromatic rings. The van der Waals surface area contributed by atoms with E-state index in [9.17, 15) is 9.18 Å². The molecule has 0 spiro atoms. The van der Waals surface area contributed by atoms with Crippen LogP contribution in [0.15, 0.2) is 66.7 Å². The Labute approximate surface area is 159 Å². The van der Waals surface area contributed by atoms with Crippen molar-refractivity contribution < 1.29 is 13.9 Å². The number of benzene rings is 2. The maximum atomic E-state index is 13.1. The van der Waals surface area contributed by atoms with Gasteiger partial charge in [0.1, 0.15) is 12.4 Å². The third kappa shape index (κ3) is 3.80. The van der Waals surface area contributed by atoms with E-state index in [4.69, 9.17) is 4.74 Å². The van der Waals surface area contributed by atoms with Crippen LogP contribution in [0.1, 0.15) is 10.4 Å². The third-order valence-corrected chi connectivity index (χ3v) is 4.01. The molecule has 0 aliphatic heterocycles. The molecular formula is C20H16FN5O2. The number of aromatic nitrogens is 4. The Morgan fingerprint density at radius 1 is 1.00 bits per heavy atom. The zero-order chi connectivity index (χ0) is 19.3. The van der Waals surface area contributed by atoms with Gasteiger partial charge < -0.3 is 10.1 Å². The third-order valence-electron chi connectivity index (χ3n) is 4.01. The van der Waals surface area contributed by atoms with Gasteiger partial charge in [-0.05, 0) is 42.5 Å². The van der Waals surface area contributed by atoms with Crippen molar-refractivity contribution in [2.75, 3.05) is 13.2 Å². The summed E-state index contributed by atoms with van der Waals surface area (Å²) in [5.41, 5.74) is 1.83. The maximum Gasteiger partial charge on any atom is 0.251 e. The molecule has 0 radical (unpaired) electrons. The molecule has 7 nitrogen and oxygen atoms in total. The van der Waals surface area contributed by atoms with E-state index in [1.54, 1.807) is 36.4 Å². The van der Waals surface area contributed by atoms with Gasteiger partial charge in [0.15, 0.2) is 11.5 Å². The van der Waals surface area contributed by atoms with Crippen molar-refractivity contribution in [2.24, 2.45) is 0 Å². The molecule has 140 valence electrons. The number of ether oxygens (including phenoxy) is 1. The molecule has 0 atom stereocenters. The molecule has 0 saturated carbocycles. The van der Waals surface area contributed by atoms with E-state index in [2.05, 4.69) is 20.6 Å². The zero-order valence-electron chi connectivity index (χ0n) is 14.7. The molecule has 0 saturated heterocycles. The lowest BCUT2D eigenvalue weighted by molar-refractivity contribution is 0.0946. The van der Waals surface area contributed by atoms with Crippen LogP contribution in [-0.4, -0.2) is 38.9 Å². The first kappa shape index (κ1) is 17.6. The van der Waals surface area contributed by atoms with E-state index in [1.807, 2.05) is 18.2 Å². The van der Waals surface area contributed by atoms with Gasteiger partial charge in [-0.25, -0.2) is 4.39 Å². The molecular weight excluding hydrogens is 361 g/mol. The van der Waals surface area contributed by atoms with Crippen LogP contribution in [0.25, 0.3) is 17.0 Å². The van der Waals surface area contributed by atoms with Gasteiger partial charge in [-0.15, -0.1) is 15.3 Å². The largest absolute Gasteiger partial charge is 0.475 e. The van der Waals surface area contributed by atoms with E-state index < -0.39 is 0 Å². The van der Waals surface area contributed by atoms with Crippen molar-refractivity contribution in [3.63, 3.8) is 0 Å². The smallest absolute Gasteiger partial charge is 0.251 e. The minimum Gasteiger partial charge on any atom is -0.475 e. The molecule has 2 aromatic carbocycles. The molecule has 0 unspecified atom stereocenters. The van der Waals surface area contributed by atoms with Gasteiger partial charge in [0.2, 0.25) is 5.88 Å². The van der Waals surface area contributed by atoms with Crippen LogP contribution in [0.2, 0.25) is 0 Å². The van der Waals surface area contributed by atoms with Crippen molar-refractivity contribution in [1.82, 2.24) is 25.1 Å². The first-order valence-electron chi connectivity index (χ1n) is 8.65. The lowest BCUT2D eigenvalue weighted by Crippen LogP contribution is -2.28. The fourth-order valence-corrected chi connectivity index (χ4v) is 2.64. The molecule has 2 heterocycles. The van der Waals surface area contributed by atoms with Crippen molar-refractivity contribution in [1.29, 1.82) is 0 Å². The van der Waals surface area contributed by atoms with Crippen molar-refractivity contribution >= 4 is 11.6 Å². The molecule has 8 heteroatoms. The predicted octanol–water partition coefficient (Wildman–Crippen LogP) is 2.74. The molecule has 1 N–H and O–H groups in total. The standard InChI is InChI=1S/C20H16FN5O2/c21-16-8-6-14(7-9-16)19-24-23-17-10-11-18(25-26(17)19)28-13-12-22-20(27)15-4-2-1-3-5-15/h1-11H,12-13H2,(H,22,27). The van der Waals surface area contributed by atoms with Gasteiger partial charge in [-0.1, -0.05) is 18.2 Å². The summed E-state index contributed by atoms with van der Waals surface area (Å²) in [5, 5.41) is 15.3. The summed E-state index contributed by atoms with van der Waals surface area (Å²) in [4.78, 5) is 12.0. The Morgan fingerprint density at radius 2 is 1.79 bits per heavy atom. The quantitative estimate of drug-likeness (QED) is 0.523. The van der Waals surface area contributed by atoms with Gasteiger partial charge in [0.25, 0.3) is 5.91 Å². The van der Waals surface area contributed by atoms with Crippen LogP contribution >= 0.6 is 0 Å². The van der Waals surface area contributed by atoms with Crippen molar-refractivity contribution in [3.8, 4) is 17.3 Å². The Kier molecular flexibility index (Phi) is 4.92. The average Bonchev–Trinajstić information content (AvgIpc) is 3.15. The first-order valence-corrected chi connectivity index (χ1v) is 8.65. The highest BCUT2D eigenvalue weighted by molar-refractivity contribution is 5.94. The van der Waals surface area contributed by atoms with Gasteiger partial charge in [0.05, 0.1) is 6.54 Å². The Hall–Kier alpha value is -3.81.